The number of aryl methyl sites for hydroxylation is 1. The van der Waals surface area contributed by atoms with Gasteiger partial charge in [-0.15, -0.1) is 21.8 Å². The van der Waals surface area contributed by atoms with Gasteiger partial charge in [-0.2, -0.15) is 5.26 Å². The van der Waals surface area contributed by atoms with Crippen LogP contribution in [0.4, 0.5) is 22.7 Å². The van der Waals surface area contributed by atoms with Gasteiger partial charge in [-0.3, -0.25) is 14.9 Å². The lowest BCUT2D eigenvalue weighted by Crippen LogP contribution is -2.12. The summed E-state index contributed by atoms with van der Waals surface area (Å²) in [6.45, 7) is 1.85. The number of benzene rings is 2. The fourth-order valence-corrected chi connectivity index (χ4v) is 2.01. The lowest BCUT2D eigenvalue weighted by molar-refractivity contribution is -0.384. The van der Waals surface area contributed by atoms with Gasteiger partial charge in [0.2, 0.25) is 5.91 Å². The number of amides is 1. The van der Waals surface area contributed by atoms with Crippen LogP contribution >= 0.6 is 11.6 Å². The SMILES string of the molecule is Cc1ccc(N=Nc2ccc([N+](=O)[O-])cc2C#N)c(NC(=O)CCl)c1. The van der Waals surface area contributed by atoms with Gasteiger partial charge in [0.15, 0.2) is 0 Å². The number of carbonyl (C=O) groups is 1. The Morgan fingerprint density at radius 1 is 1.28 bits per heavy atom. The topological polar surface area (TPSA) is 121 Å². The van der Waals surface area contributed by atoms with Gasteiger partial charge in [0.25, 0.3) is 5.69 Å². The standard InChI is InChI=1S/C16H12ClN5O3/c1-10-2-4-14(15(6-10)19-16(23)8-17)21-20-13-5-3-12(22(24)25)7-11(13)9-18/h2-7H,8H2,1H3,(H,19,23). The number of nitrogens with one attached hydrogen (secondary N) is 1. The zero-order chi connectivity index (χ0) is 18.4. The zero-order valence-corrected chi connectivity index (χ0v) is 13.8. The second-order valence-corrected chi connectivity index (χ2v) is 5.24. The molecule has 9 heteroatoms. The van der Waals surface area contributed by atoms with Gasteiger partial charge in [-0.25, -0.2) is 0 Å². The Morgan fingerprint density at radius 3 is 2.60 bits per heavy atom. The monoisotopic (exact) mass is 357 g/mol. The molecule has 0 atom stereocenters. The third kappa shape index (κ3) is 4.59. The van der Waals surface area contributed by atoms with Gasteiger partial charge in [0.1, 0.15) is 23.3 Å². The first-order chi connectivity index (χ1) is 11.9. The molecular weight excluding hydrogens is 346 g/mol. The molecule has 0 radical (unpaired) electrons. The smallest absolute Gasteiger partial charge is 0.270 e. The van der Waals surface area contributed by atoms with Gasteiger partial charge in [0, 0.05) is 12.1 Å². The van der Waals surface area contributed by atoms with Crippen molar-refractivity contribution in [2.24, 2.45) is 10.2 Å². The molecule has 0 spiro atoms. The molecule has 0 heterocycles. The van der Waals surface area contributed by atoms with Crippen LogP contribution in [-0.4, -0.2) is 16.7 Å². The summed E-state index contributed by atoms with van der Waals surface area (Å²) in [4.78, 5) is 21.7. The summed E-state index contributed by atoms with van der Waals surface area (Å²) < 4.78 is 0. The summed E-state index contributed by atoms with van der Waals surface area (Å²) in [5, 5.41) is 30.5. The van der Waals surface area contributed by atoms with E-state index in [1.54, 1.807) is 18.2 Å². The Kier molecular flexibility index (Phi) is 5.76. The minimum absolute atomic E-state index is 0.0244. The van der Waals surface area contributed by atoms with Crippen molar-refractivity contribution in [3.63, 3.8) is 0 Å². The van der Waals surface area contributed by atoms with E-state index in [2.05, 4.69) is 15.5 Å². The average Bonchev–Trinajstić information content (AvgIpc) is 2.60. The van der Waals surface area contributed by atoms with E-state index in [-0.39, 0.29) is 22.8 Å². The van der Waals surface area contributed by atoms with Crippen molar-refractivity contribution in [1.29, 1.82) is 5.26 Å². The number of hydrogen-bond acceptors (Lipinski definition) is 6. The molecular formula is C16H12ClN5O3. The molecule has 126 valence electrons. The molecule has 1 amide bonds. The van der Waals surface area contributed by atoms with Crippen molar-refractivity contribution in [3.05, 3.63) is 57.6 Å². The summed E-state index contributed by atoms with van der Waals surface area (Å²) in [5.74, 6) is -0.595. The maximum atomic E-state index is 11.5. The van der Waals surface area contributed by atoms with Crippen molar-refractivity contribution in [3.8, 4) is 6.07 Å². The van der Waals surface area contributed by atoms with Crippen LogP contribution in [0.1, 0.15) is 11.1 Å². The summed E-state index contributed by atoms with van der Waals surface area (Å²) in [7, 11) is 0. The highest BCUT2D eigenvalue weighted by Gasteiger charge is 2.11. The van der Waals surface area contributed by atoms with Crippen molar-refractivity contribution in [2.75, 3.05) is 11.2 Å². The molecule has 2 rings (SSSR count). The Labute approximate surface area is 147 Å². The Morgan fingerprint density at radius 2 is 1.96 bits per heavy atom. The Bertz CT molecular complexity index is 905. The number of non-ortho nitro benzene ring substituents is 1. The van der Waals surface area contributed by atoms with E-state index < -0.39 is 10.8 Å². The molecule has 0 bridgehead atoms. The number of carbonyl (C=O) groups excluding carboxylic acids is 1. The number of nitrogens with zero attached hydrogens (tertiary/aromatic N) is 4. The molecule has 0 aliphatic heterocycles. The molecule has 8 nitrogen and oxygen atoms in total. The van der Waals surface area contributed by atoms with E-state index >= 15 is 0 Å². The highest BCUT2D eigenvalue weighted by atomic mass is 35.5. The number of hydrogen-bond donors (Lipinski definition) is 1. The first-order valence-electron chi connectivity index (χ1n) is 7.01. The van der Waals surface area contributed by atoms with Crippen LogP contribution in [0.2, 0.25) is 0 Å². The molecule has 0 fully saturated rings. The molecule has 0 unspecified atom stereocenters. The lowest BCUT2D eigenvalue weighted by Gasteiger charge is -2.07. The van der Waals surface area contributed by atoms with Crippen LogP contribution in [-0.2, 0) is 4.79 Å². The molecule has 25 heavy (non-hydrogen) atoms. The minimum atomic E-state index is -0.596. The van der Waals surface area contributed by atoms with Crippen molar-refractivity contribution < 1.29 is 9.72 Å². The van der Waals surface area contributed by atoms with E-state index in [4.69, 9.17) is 16.9 Å². The van der Waals surface area contributed by atoms with E-state index in [1.165, 1.54) is 12.1 Å². The Hall–Kier alpha value is -3.31. The summed E-state index contributed by atoms with van der Waals surface area (Å²) in [6.07, 6.45) is 0. The third-order valence-electron chi connectivity index (χ3n) is 3.12. The van der Waals surface area contributed by atoms with E-state index in [1.807, 2.05) is 13.0 Å². The van der Waals surface area contributed by atoms with Crippen molar-refractivity contribution >= 4 is 40.3 Å². The first-order valence-corrected chi connectivity index (χ1v) is 7.55. The van der Waals surface area contributed by atoms with Crippen LogP contribution in [0, 0.1) is 28.4 Å². The lowest BCUT2D eigenvalue weighted by atomic mass is 10.2. The molecule has 0 aliphatic rings. The summed E-state index contributed by atoms with van der Waals surface area (Å²) in [6, 6.07) is 10.7. The number of alkyl halides is 1. The summed E-state index contributed by atoms with van der Waals surface area (Å²) in [5.41, 5.74) is 1.69. The molecule has 2 aromatic rings. The minimum Gasteiger partial charge on any atom is -0.323 e. The van der Waals surface area contributed by atoms with E-state index in [0.717, 1.165) is 11.6 Å². The summed E-state index contributed by atoms with van der Waals surface area (Å²) >= 11 is 5.49. The van der Waals surface area contributed by atoms with Crippen molar-refractivity contribution in [1.82, 2.24) is 0 Å². The second-order valence-electron chi connectivity index (χ2n) is 4.97. The fraction of sp³-hybridized carbons (Fsp3) is 0.125. The van der Waals surface area contributed by atoms with Crippen LogP contribution < -0.4 is 5.32 Å². The average molecular weight is 358 g/mol. The number of nitriles is 1. The number of rotatable bonds is 5. The van der Waals surface area contributed by atoms with Crippen LogP contribution in [0.5, 0.6) is 0 Å². The van der Waals surface area contributed by atoms with Gasteiger partial charge < -0.3 is 5.32 Å². The number of nitro groups is 1. The predicted octanol–water partition coefficient (Wildman–Crippen LogP) is 4.37. The van der Waals surface area contributed by atoms with Gasteiger partial charge in [-0.05, 0) is 30.7 Å². The number of azo groups is 1. The maximum absolute atomic E-state index is 11.5. The van der Waals surface area contributed by atoms with Gasteiger partial charge >= 0.3 is 0 Å². The molecule has 1 N–H and O–H groups in total. The second kappa shape index (κ2) is 7.99. The largest absolute Gasteiger partial charge is 0.323 e. The maximum Gasteiger partial charge on any atom is 0.270 e. The van der Waals surface area contributed by atoms with Crippen LogP contribution in [0.3, 0.4) is 0 Å². The van der Waals surface area contributed by atoms with Gasteiger partial charge in [0.05, 0.1) is 16.2 Å². The normalized spacial score (nSPS) is 10.4. The highest BCUT2D eigenvalue weighted by molar-refractivity contribution is 6.29. The molecule has 0 aromatic heterocycles. The van der Waals surface area contributed by atoms with Crippen LogP contribution in [0.15, 0.2) is 46.6 Å². The Balaban J connectivity index is 2.38. The molecule has 2 aromatic carbocycles. The molecule has 0 aliphatic carbocycles. The fourth-order valence-electron chi connectivity index (χ4n) is 1.94. The van der Waals surface area contributed by atoms with E-state index in [9.17, 15) is 14.9 Å². The van der Waals surface area contributed by atoms with E-state index in [0.29, 0.717) is 11.4 Å². The van der Waals surface area contributed by atoms with Crippen molar-refractivity contribution in [2.45, 2.75) is 6.92 Å². The molecule has 0 saturated carbocycles. The third-order valence-corrected chi connectivity index (χ3v) is 3.37. The van der Waals surface area contributed by atoms with Gasteiger partial charge in [-0.1, -0.05) is 6.07 Å². The molecule has 0 saturated heterocycles. The number of anilines is 1. The van der Waals surface area contributed by atoms with Crippen LogP contribution in [0.25, 0.3) is 0 Å². The zero-order valence-electron chi connectivity index (χ0n) is 13.1. The highest BCUT2D eigenvalue weighted by Crippen LogP contribution is 2.30. The quantitative estimate of drug-likeness (QED) is 0.369. The number of halogens is 1. The predicted molar refractivity (Wildman–Crippen MR) is 92.5 cm³/mol. The first kappa shape index (κ1) is 18.0. The number of nitro benzene ring substituents is 1.